The van der Waals surface area contributed by atoms with Gasteiger partial charge in [0, 0.05) is 0 Å². The lowest BCUT2D eigenvalue weighted by molar-refractivity contribution is -0.169. The molecular formula is C12H26O3. The summed E-state index contributed by atoms with van der Waals surface area (Å²) in [4.78, 5) is 0. The normalized spacial score (nSPS) is 14.0. The van der Waals surface area contributed by atoms with E-state index in [0.717, 1.165) is 0 Å². The fourth-order valence-corrected chi connectivity index (χ4v) is 1.40. The third kappa shape index (κ3) is 3.44. The minimum absolute atomic E-state index is 0.0183. The molecule has 0 aromatic carbocycles. The molecule has 0 atom stereocenters. The zero-order valence-corrected chi connectivity index (χ0v) is 10.9. The van der Waals surface area contributed by atoms with Crippen LogP contribution < -0.4 is 0 Å². The van der Waals surface area contributed by atoms with Gasteiger partial charge in [-0.2, -0.15) is 0 Å². The molecule has 0 saturated carbocycles. The minimum Gasteiger partial charge on any atom is -0.394 e. The summed E-state index contributed by atoms with van der Waals surface area (Å²) in [6.07, 6.45) is -0.488. The second kappa shape index (κ2) is 5.28. The molecule has 92 valence electrons. The van der Waals surface area contributed by atoms with Gasteiger partial charge in [-0.25, -0.2) is 0 Å². The van der Waals surface area contributed by atoms with Gasteiger partial charge in [0.25, 0.3) is 0 Å². The number of aliphatic hydroxyl groups excluding tert-OH is 2. The van der Waals surface area contributed by atoms with E-state index in [1.165, 1.54) is 0 Å². The first-order valence-corrected chi connectivity index (χ1v) is 5.58. The van der Waals surface area contributed by atoms with Gasteiger partial charge < -0.3 is 14.9 Å². The van der Waals surface area contributed by atoms with Gasteiger partial charge in [-0.15, -0.1) is 0 Å². The van der Waals surface area contributed by atoms with Crippen LogP contribution in [0.4, 0.5) is 0 Å². The van der Waals surface area contributed by atoms with Crippen molar-refractivity contribution < 1.29 is 14.9 Å². The van der Waals surface area contributed by atoms with E-state index in [4.69, 9.17) is 14.9 Å². The summed E-state index contributed by atoms with van der Waals surface area (Å²) in [5.41, 5.74) is -0.396. The summed E-state index contributed by atoms with van der Waals surface area (Å²) >= 11 is 0. The van der Waals surface area contributed by atoms with Crippen molar-refractivity contribution in [1.82, 2.24) is 0 Å². The monoisotopic (exact) mass is 218 g/mol. The molecule has 0 spiro atoms. The first kappa shape index (κ1) is 14.9. The molecule has 0 saturated heterocycles. The Kier molecular flexibility index (Phi) is 5.24. The van der Waals surface area contributed by atoms with Crippen molar-refractivity contribution in [2.45, 2.75) is 53.2 Å². The number of rotatable bonds is 6. The quantitative estimate of drug-likeness (QED) is 0.715. The van der Waals surface area contributed by atoms with Crippen LogP contribution in [-0.2, 0) is 4.74 Å². The Labute approximate surface area is 93.5 Å². The van der Waals surface area contributed by atoms with Crippen LogP contribution in [0.25, 0.3) is 0 Å². The second-order valence-electron chi connectivity index (χ2n) is 5.49. The van der Waals surface area contributed by atoms with Crippen molar-refractivity contribution in [2.75, 3.05) is 13.2 Å². The molecule has 0 aliphatic rings. The van der Waals surface area contributed by atoms with Crippen molar-refractivity contribution in [3.8, 4) is 0 Å². The Morgan fingerprint density at radius 2 is 1.40 bits per heavy atom. The van der Waals surface area contributed by atoms with Crippen LogP contribution in [0.5, 0.6) is 0 Å². The molecule has 3 heteroatoms. The molecule has 3 nitrogen and oxygen atoms in total. The predicted octanol–water partition coefficient (Wildman–Crippen LogP) is 1.82. The maximum Gasteiger partial charge on any atom is 0.104 e. The van der Waals surface area contributed by atoms with Gasteiger partial charge in [0.2, 0.25) is 0 Å². The summed E-state index contributed by atoms with van der Waals surface area (Å²) in [5.74, 6) is 0.463. The van der Waals surface area contributed by atoms with Gasteiger partial charge in [-0.05, 0) is 25.2 Å². The Morgan fingerprint density at radius 1 is 1.00 bits per heavy atom. The van der Waals surface area contributed by atoms with Crippen LogP contribution >= 0.6 is 0 Å². The van der Waals surface area contributed by atoms with Gasteiger partial charge in [-0.3, -0.25) is 0 Å². The lowest BCUT2D eigenvalue weighted by atomic mass is 9.69. The van der Waals surface area contributed by atoms with Crippen molar-refractivity contribution in [3.05, 3.63) is 0 Å². The highest BCUT2D eigenvalue weighted by Crippen LogP contribution is 2.40. The average molecular weight is 218 g/mol. The molecule has 0 radical (unpaired) electrons. The summed E-state index contributed by atoms with van der Waals surface area (Å²) < 4.78 is 5.76. The molecule has 0 aromatic rings. The summed E-state index contributed by atoms with van der Waals surface area (Å²) in [6, 6.07) is 0. The highest BCUT2D eigenvalue weighted by Gasteiger charge is 2.41. The summed E-state index contributed by atoms with van der Waals surface area (Å²) in [7, 11) is 0. The predicted molar refractivity (Wildman–Crippen MR) is 61.7 cm³/mol. The largest absolute Gasteiger partial charge is 0.394 e. The maximum absolute atomic E-state index is 9.01. The van der Waals surface area contributed by atoms with E-state index in [9.17, 15) is 0 Å². The third-order valence-electron chi connectivity index (χ3n) is 3.86. The van der Waals surface area contributed by atoms with Gasteiger partial charge in [0.05, 0.1) is 18.8 Å². The lowest BCUT2D eigenvalue weighted by Crippen LogP contribution is -2.48. The van der Waals surface area contributed by atoms with Crippen molar-refractivity contribution in [1.29, 1.82) is 0 Å². The van der Waals surface area contributed by atoms with E-state index in [1.54, 1.807) is 0 Å². The minimum atomic E-state index is -0.488. The standard InChI is InChI=1S/C12H26O3/c1-9(2)11(3,4)12(5,6)15-10(7-13)8-14/h9-10,13-14H,7-8H2,1-6H3. The first-order chi connectivity index (χ1) is 6.69. The molecule has 0 rings (SSSR count). The average Bonchev–Trinajstić information content (AvgIpc) is 2.13. The Hall–Kier alpha value is -0.120. The zero-order valence-electron chi connectivity index (χ0n) is 10.9. The van der Waals surface area contributed by atoms with E-state index < -0.39 is 6.10 Å². The molecule has 0 aromatic heterocycles. The Balaban J connectivity index is 4.66. The van der Waals surface area contributed by atoms with Crippen LogP contribution in [0.2, 0.25) is 0 Å². The summed E-state index contributed by atoms with van der Waals surface area (Å²) in [6.45, 7) is 12.3. The van der Waals surface area contributed by atoms with Crippen LogP contribution in [0.15, 0.2) is 0 Å². The molecule has 0 fully saturated rings. The summed E-state index contributed by atoms with van der Waals surface area (Å²) in [5, 5.41) is 18.0. The molecule has 15 heavy (non-hydrogen) atoms. The smallest absolute Gasteiger partial charge is 0.104 e. The highest BCUT2D eigenvalue weighted by atomic mass is 16.5. The van der Waals surface area contributed by atoms with Gasteiger partial charge in [-0.1, -0.05) is 27.7 Å². The van der Waals surface area contributed by atoms with E-state index in [2.05, 4.69) is 27.7 Å². The molecule has 0 unspecified atom stereocenters. The van der Waals surface area contributed by atoms with Gasteiger partial charge in [0.1, 0.15) is 6.10 Å². The van der Waals surface area contributed by atoms with E-state index in [1.807, 2.05) is 13.8 Å². The zero-order chi connectivity index (χ0) is 12.3. The van der Waals surface area contributed by atoms with E-state index in [0.29, 0.717) is 5.92 Å². The molecule has 0 heterocycles. The number of hydrogen-bond donors (Lipinski definition) is 2. The van der Waals surface area contributed by atoms with Crippen LogP contribution in [0.3, 0.4) is 0 Å². The molecule has 0 aliphatic heterocycles. The Bertz CT molecular complexity index is 181. The van der Waals surface area contributed by atoms with Gasteiger partial charge in [0.15, 0.2) is 0 Å². The van der Waals surface area contributed by atoms with Crippen LogP contribution in [0, 0.1) is 11.3 Å². The first-order valence-electron chi connectivity index (χ1n) is 5.58. The maximum atomic E-state index is 9.01. The second-order valence-corrected chi connectivity index (χ2v) is 5.49. The topological polar surface area (TPSA) is 49.7 Å². The number of ether oxygens (including phenoxy) is 1. The molecule has 0 amide bonds. The fraction of sp³-hybridized carbons (Fsp3) is 1.00. The van der Waals surface area contributed by atoms with Crippen molar-refractivity contribution >= 4 is 0 Å². The Morgan fingerprint density at radius 3 is 1.67 bits per heavy atom. The molecular weight excluding hydrogens is 192 g/mol. The lowest BCUT2D eigenvalue weighted by Gasteiger charge is -2.46. The fourth-order valence-electron chi connectivity index (χ4n) is 1.40. The molecule has 0 aliphatic carbocycles. The van der Waals surface area contributed by atoms with Gasteiger partial charge >= 0.3 is 0 Å². The highest BCUT2D eigenvalue weighted by molar-refractivity contribution is 4.90. The molecule has 0 bridgehead atoms. The number of hydrogen-bond acceptors (Lipinski definition) is 3. The van der Waals surface area contributed by atoms with Crippen LogP contribution in [0.1, 0.15) is 41.5 Å². The third-order valence-corrected chi connectivity index (χ3v) is 3.86. The van der Waals surface area contributed by atoms with Crippen molar-refractivity contribution in [3.63, 3.8) is 0 Å². The number of aliphatic hydroxyl groups is 2. The van der Waals surface area contributed by atoms with E-state index >= 15 is 0 Å². The van der Waals surface area contributed by atoms with Crippen LogP contribution in [-0.4, -0.2) is 35.1 Å². The SMILES string of the molecule is CC(C)C(C)(C)C(C)(C)OC(CO)CO. The molecule has 2 N–H and O–H groups in total. The van der Waals surface area contributed by atoms with E-state index in [-0.39, 0.29) is 24.2 Å². The van der Waals surface area contributed by atoms with Crippen molar-refractivity contribution in [2.24, 2.45) is 11.3 Å².